The molecule has 41 heavy (non-hydrogen) atoms. The Balaban J connectivity index is 0.000000575. The molecule has 0 spiro atoms. The van der Waals surface area contributed by atoms with Gasteiger partial charge < -0.3 is 14.6 Å². The molecule has 1 aliphatic heterocycles. The summed E-state index contributed by atoms with van der Waals surface area (Å²) in [5, 5.41) is 10.6. The van der Waals surface area contributed by atoms with E-state index in [0.717, 1.165) is 29.8 Å². The molecule has 3 aromatic carbocycles. The first kappa shape index (κ1) is 32.7. The van der Waals surface area contributed by atoms with E-state index < -0.39 is 18.0 Å². The monoisotopic (exact) mass is 603 g/mol. The largest absolute Gasteiger partial charge is 0.478 e. The quantitative estimate of drug-likeness (QED) is 0.187. The second-order valence-corrected chi connectivity index (χ2v) is 10.9. The number of methoxy groups -OCH3 is 1. The van der Waals surface area contributed by atoms with Gasteiger partial charge in [0, 0.05) is 48.0 Å². The number of halogens is 3. The van der Waals surface area contributed by atoms with E-state index in [2.05, 4.69) is 6.92 Å². The van der Waals surface area contributed by atoms with Crippen molar-refractivity contribution in [2.75, 3.05) is 27.4 Å². The Morgan fingerprint density at radius 1 is 1.12 bits per heavy atom. The van der Waals surface area contributed by atoms with Crippen LogP contribution in [0.2, 0.25) is 10.0 Å². The highest BCUT2D eigenvalue weighted by Gasteiger charge is 2.29. The van der Waals surface area contributed by atoms with Gasteiger partial charge in [0.1, 0.15) is 12.0 Å². The lowest BCUT2D eigenvalue weighted by atomic mass is 9.79. The van der Waals surface area contributed by atoms with Gasteiger partial charge in [0.25, 0.3) is 0 Å². The fourth-order valence-corrected chi connectivity index (χ4v) is 5.68. The summed E-state index contributed by atoms with van der Waals surface area (Å²) >= 11 is 11.5. The zero-order valence-corrected chi connectivity index (χ0v) is 25.0. The summed E-state index contributed by atoms with van der Waals surface area (Å²) in [5.74, 6) is -1.11. The lowest BCUT2D eigenvalue weighted by Gasteiger charge is -2.32. The van der Waals surface area contributed by atoms with Crippen LogP contribution >= 0.6 is 23.2 Å². The van der Waals surface area contributed by atoms with E-state index >= 15 is 4.39 Å². The maximum absolute atomic E-state index is 15.6. The van der Waals surface area contributed by atoms with Crippen molar-refractivity contribution in [1.82, 2.24) is 4.90 Å². The van der Waals surface area contributed by atoms with Crippen LogP contribution in [0.15, 0.2) is 60.7 Å². The van der Waals surface area contributed by atoms with E-state index in [1.165, 1.54) is 19.2 Å². The number of aromatic carboxylic acids is 1. The second kappa shape index (κ2) is 16.0. The summed E-state index contributed by atoms with van der Waals surface area (Å²) in [5.41, 5.74) is 1.73. The van der Waals surface area contributed by atoms with Crippen molar-refractivity contribution in [3.05, 3.63) is 104 Å². The summed E-state index contributed by atoms with van der Waals surface area (Å²) in [6, 6.07) is 17.3. The van der Waals surface area contributed by atoms with E-state index in [0.29, 0.717) is 36.0 Å². The van der Waals surface area contributed by atoms with E-state index in [1.807, 2.05) is 30.3 Å². The minimum atomic E-state index is -1.11. The Kier molecular flexibility index (Phi) is 12.8. The number of carbonyl (C=O) groups is 2. The van der Waals surface area contributed by atoms with Crippen LogP contribution in [-0.4, -0.2) is 49.6 Å². The van der Waals surface area contributed by atoms with Gasteiger partial charge in [-0.05, 0) is 85.7 Å². The number of rotatable bonds is 10. The molecule has 3 aromatic rings. The van der Waals surface area contributed by atoms with Crippen molar-refractivity contribution < 1.29 is 28.6 Å². The number of nitrogens with zero attached hydrogens (tertiary/aromatic N) is 1. The first-order chi connectivity index (χ1) is 19.7. The van der Waals surface area contributed by atoms with E-state index in [4.69, 9.17) is 32.7 Å². The van der Waals surface area contributed by atoms with Gasteiger partial charge in [-0.25, -0.2) is 9.18 Å². The fraction of sp³-hybridized carbons (Fsp3) is 0.375. The maximum Gasteiger partial charge on any atom is 0.336 e. The van der Waals surface area contributed by atoms with Gasteiger partial charge in [0.05, 0.1) is 5.56 Å². The molecular formula is C32H36Cl2FNO5. The van der Waals surface area contributed by atoms with E-state index in [-0.39, 0.29) is 29.2 Å². The zero-order valence-electron chi connectivity index (χ0n) is 23.5. The minimum Gasteiger partial charge on any atom is -0.478 e. The Morgan fingerprint density at radius 3 is 2.34 bits per heavy atom. The summed E-state index contributed by atoms with van der Waals surface area (Å²) in [7, 11) is 3.12. The van der Waals surface area contributed by atoms with Crippen molar-refractivity contribution in [2.45, 2.75) is 44.9 Å². The molecule has 4 rings (SSSR count). The lowest BCUT2D eigenvalue weighted by molar-refractivity contribution is -0.0274. The molecule has 1 fully saturated rings. The van der Waals surface area contributed by atoms with Crippen LogP contribution in [0, 0.1) is 11.7 Å². The van der Waals surface area contributed by atoms with Crippen molar-refractivity contribution >= 4 is 35.5 Å². The summed E-state index contributed by atoms with van der Waals surface area (Å²) in [6.07, 6.45) is 2.42. The van der Waals surface area contributed by atoms with Gasteiger partial charge in [0.15, 0.2) is 6.29 Å². The molecule has 0 amide bonds. The molecule has 1 heterocycles. The SMILES string of the molecule is CC[C@H](c1cc(F)c([C@@H](OC)N(C)Cc2ccc(Cl)cc2C(=O)O)c(C=O)c1)C1CCOCC1.Clc1ccccc1. The number of ether oxygens (including phenoxy) is 2. The molecule has 1 saturated heterocycles. The molecule has 1 aliphatic rings. The van der Waals surface area contributed by atoms with E-state index in [9.17, 15) is 14.7 Å². The van der Waals surface area contributed by atoms with Crippen LogP contribution in [-0.2, 0) is 16.0 Å². The summed E-state index contributed by atoms with van der Waals surface area (Å²) in [6.45, 7) is 3.62. The summed E-state index contributed by atoms with van der Waals surface area (Å²) < 4.78 is 26.6. The third kappa shape index (κ3) is 8.84. The molecule has 220 valence electrons. The average molecular weight is 605 g/mol. The molecule has 0 aliphatic carbocycles. The Labute approximate surface area is 251 Å². The van der Waals surface area contributed by atoms with Crippen LogP contribution in [0.25, 0.3) is 0 Å². The van der Waals surface area contributed by atoms with Gasteiger partial charge in [-0.15, -0.1) is 0 Å². The molecule has 0 aromatic heterocycles. The van der Waals surface area contributed by atoms with Crippen LogP contribution in [0.3, 0.4) is 0 Å². The molecule has 0 saturated carbocycles. The van der Waals surface area contributed by atoms with Crippen LogP contribution in [0.1, 0.15) is 75.7 Å². The molecule has 2 atom stereocenters. The van der Waals surface area contributed by atoms with Gasteiger partial charge in [-0.2, -0.15) is 0 Å². The standard InChI is InChI=1S/C26H31ClFNO5.C6H5Cl/c1-4-21(16-7-9-34-10-8-16)18-11-19(15-30)24(23(28)12-18)25(33-3)29(2)14-17-5-6-20(27)13-22(17)26(31)32;7-6-4-2-1-3-5-6/h5-6,11-13,15-16,21,25H,4,7-10,14H2,1-3H3,(H,31,32);1-5H/t21-,25+;/m0./s1. The van der Waals surface area contributed by atoms with Gasteiger partial charge in [-0.1, -0.05) is 54.4 Å². The molecule has 0 radical (unpaired) electrons. The highest BCUT2D eigenvalue weighted by Crippen LogP contribution is 2.37. The predicted octanol–water partition coefficient (Wildman–Crippen LogP) is 8.03. The molecule has 6 nitrogen and oxygen atoms in total. The van der Waals surface area contributed by atoms with Gasteiger partial charge in [0.2, 0.25) is 0 Å². The molecular weight excluding hydrogens is 568 g/mol. The minimum absolute atomic E-state index is 0.0582. The molecule has 9 heteroatoms. The first-order valence-electron chi connectivity index (χ1n) is 13.5. The normalized spacial score (nSPS) is 15.1. The van der Waals surface area contributed by atoms with Crippen LogP contribution in [0.5, 0.6) is 0 Å². The number of carboxylic acid groups (broad SMARTS) is 1. The smallest absolute Gasteiger partial charge is 0.336 e. The molecule has 0 unspecified atom stereocenters. The van der Waals surface area contributed by atoms with Crippen LogP contribution < -0.4 is 0 Å². The molecule has 0 bridgehead atoms. The average Bonchev–Trinajstić information content (AvgIpc) is 2.97. The van der Waals surface area contributed by atoms with Crippen molar-refractivity contribution in [2.24, 2.45) is 5.92 Å². The highest BCUT2D eigenvalue weighted by molar-refractivity contribution is 6.31. The number of aldehydes is 1. The maximum atomic E-state index is 15.6. The molecule has 1 N–H and O–H groups in total. The Bertz CT molecular complexity index is 1300. The number of carbonyl (C=O) groups excluding carboxylic acids is 1. The van der Waals surface area contributed by atoms with Crippen LogP contribution in [0.4, 0.5) is 4.39 Å². The predicted molar refractivity (Wildman–Crippen MR) is 159 cm³/mol. The number of hydrogen-bond donors (Lipinski definition) is 1. The first-order valence-corrected chi connectivity index (χ1v) is 14.3. The summed E-state index contributed by atoms with van der Waals surface area (Å²) in [4.78, 5) is 25.4. The third-order valence-corrected chi connectivity index (χ3v) is 7.83. The number of hydrogen-bond acceptors (Lipinski definition) is 5. The Morgan fingerprint density at radius 2 is 1.80 bits per heavy atom. The van der Waals surface area contributed by atoms with Gasteiger partial charge >= 0.3 is 5.97 Å². The second-order valence-electron chi connectivity index (χ2n) is 9.99. The lowest BCUT2D eigenvalue weighted by Crippen LogP contribution is -2.28. The zero-order chi connectivity index (χ0) is 29.9. The third-order valence-electron chi connectivity index (χ3n) is 7.34. The van der Waals surface area contributed by atoms with E-state index in [1.54, 1.807) is 30.1 Å². The van der Waals surface area contributed by atoms with Crippen molar-refractivity contribution in [3.8, 4) is 0 Å². The number of benzene rings is 3. The highest BCUT2D eigenvalue weighted by atomic mass is 35.5. The van der Waals surface area contributed by atoms with Gasteiger partial charge in [-0.3, -0.25) is 9.69 Å². The van der Waals surface area contributed by atoms with Crippen molar-refractivity contribution in [3.63, 3.8) is 0 Å². The van der Waals surface area contributed by atoms with Crippen molar-refractivity contribution in [1.29, 1.82) is 0 Å². The Hall–Kier alpha value is -2.81. The topological polar surface area (TPSA) is 76.1 Å². The number of carboxylic acids is 1. The fourth-order valence-electron chi connectivity index (χ4n) is 5.36.